The molecular weight excluding hydrogens is 204 g/mol. The summed E-state index contributed by atoms with van der Waals surface area (Å²) in [7, 11) is 1.71. The molecule has 0 bridgehead atoms. The normalized spacial score (nSPS) is 15.1. The zero-order valence-corrected chi connectivity index (χ0v) is 9.59. The smallest absolute Gasteiger partial charge is 0.129 e. The highest BCUT2D eigenvalue weighted by atomic mass is 16.5. The topological polar surface area (TPSA) is 45.6 Å². The number of aliphatic hydroxyl groups excluding tert-OH is 1. The van der Waals surface area contributed by atoms with Gasteiger partial charge in [0.25, 0.3) is 0 Å². The number of hydrogen-bond donors (Lipinski definition) is 1. The first-order valence-corrected chi connectivity index (χ1v) is 5.66. The van der Waals surface area contributed by atoms with E-state index in [1.54, 1.807) is 13.3 Å². The minimum atomic E-state index is 0.0678. The number of ether oxygens (including phenoxy) is 1. The maximum absolute atomic E-state index is 9.10. The van der Waals surface area contributed by atoms with Gasteiger partial charge in [0.1, 0.15) is 5.82 Å². The van der Waals surface area contributed by atoms with Crippen molar-refractivity contribution in [2.24, 2.45) is 0 Å². The van der Waals surface area contributed by atoms with E-state index in [1.165, 1.54) is 12.8 Å². The molecule has 1 aliphatic carbocycles. The van der Waals surface area contributed by atoms with Gasteiger partial charge < -0.3 is 14.7 Å². The Morgan fingerprint density at radius 1 is 1.56 bits per heavy atom. The predicted molar refractivity (Wildman–Crippen MR) is 62.4 cm³/mol. The van der Waals surface area contributed by atoms with Crippen molar-refractivity contribution in [3.05, 3.63) is 23.9 Å². The Kier molecular flexibility index (Phi) is 3.74. The number of aromatic nitrogens is 1. The Labute approximate surface area is 95.9 Å². The van der Waals surface area contributed by atoms with Gasteiger partial charge in [-0.2, -0.15) is 0 Å². The summed E-state index contributed by atoms with van der Waals surface area (Å²) in [5.74, 6) is 0.950. The van der Waals surface area contributed by atoms with Crippen molar-refractivity contribution in [1.82, 2.24) is 4.98 Å². The molecule has 16 heavy (non-hydrogen) atoms. The maximum atomic E-state index is 9.10. The minimum absolute atomic E-state index is 0.0678. The molecule has 0 aromatic carbocycles. The van der Waals surface area contributed by atoms with E-state index in [0.717, 1.165) is 17.9 Å². The van der Waals surface area contributed by atoms with Crippen LogP contribution in [-0.4, -0.2) is 36.4 Å². The quantitative estimate of drug-likeness (QED) is 0.785. The largest absolute Gasteiger partial charge is 0.392 e. The molecule has 1 N–H and O–H groups in total. The van der Waals surface area contributed by atoms with Gasteiger partial charge in [-0.25, -0.2) is 4.98 Å². The molecule has 0 saturated heterocycles. The minimum Gasteiger partial charge on any atom is -0.392 e. The summed E-state index contributed by atoms with van der Waals surface area (Å²) in [6, 6.07) is 4.40. The molecule has 0 atom stereocenters. The molecule has 0 amide bonds. The Balaban J connectivity index is 2.10. The van der Waals surface area contributed by atoms with Crippen molar-refractivity contribution in [1.29, 1.82) is 0 Å². The Hall–Kier alpha value is -1.13. The van der Waals surface area contributed by atoms with Gasteiger partial charge in [0.15, 0.2) is 0 Å². The molecule has 0 radical (unpaired) electrons. The number of methoxy groups -OCH3 is 1. The van der Waals surface area contributed by atoms with Crippen LogP contribution in [0.4, 0.5) is 5.82 Å². The number of nitrogens with zero attached hydrogens (tertiary/aromatic N) is 2. The summed E-state index contributed by atoms with van der Waals surface area (Å²) in [4.78, 5) is 6.63. The van der Waals surface area contributed by atoms with Crippen molar-refractivity contribution in [2.45, 2.75) is 25.5 Å². The van der Waals surface area contributed by atoms with Crippen molar-refractivity contribution < 1.29 is 9.84 Å². The molecule has 1 heterocycles. The number of anilines is 1. The molecule has 88 valence electrons. The lowest BCUT2D eigenvalue weighted by Crippen LogP contribution is -2.30. The van der Waals surface area contributed by atoms with Gasteiger partial charge in [0.2, 0.25) is 0 Å². The van der Waals surface area contributed by atoms with Crippen molar-refractivity contribution >= 4 is 5.82 Å². The van der Waals surface area contributed by atoms with E-state index in [4.69, 9.17) is 9.84 Å². The van der Waals surface area contributed by atoms with Gasteiger partial charge in [-0.3, -0.25) is 0 Å². The number of rotatable bonds is 6. The van der Waals surface area contributed by atoms with E-state index < -0.39 is 0 Å². The number of pyridine rings is 1. The van der Waals surface area contributed by atoms with Gasteiger partial charge in [-0.05, 0) is 30.5 Å². The zero-order chi connectivity index (χ0) is 11.4. The molecule has 0 unspecified atom stereocenters. The SMILES string of the molecule is COCCN(c1cc(CO)ccn1)C1CC1. The first-order chi connectivity index (χ1) is 7.85. The van der Waals surface area contributed by atoms with E-state index in [1.807, 2.05) is 12.1 Å². The first-order valence-electron chi connectivity index (χ1n) is 5.66. The predicted octanol–water partition coefficient (Wildman–Crippen LogP) is 1.19. The first kappa shape index (κ1) is 11.4. The standard InChI is InChI=1S/C12H18N2O2/c1-16-7-6-14(11-2-3-11)12-8-10(9-15)4-5-13-12/h4-5,8,11,15H,2-3,6-7,9H2,1H3. The third kappa shape index (κ3) is 2.71. The lowest BCUT2D eigenvalue weighted by atomic mass is 10.2. The van der Waals surface area contributed by atoms with Gasteiger partial charge in [0, 0.05) is 25.9 Å². The van der Waals surface area contributed by atoms with Crippen LogP contribution in [0.25, 0.3) is 0 Å². The van der Waals surface area contributed by atoms with Crippen LogP contribution in [0.5, 0.6) is 0 Å². The second kappa shape index (κ2) is 5.27. The van der Waals surface area contributed by atoms with Crippen LogP contribution in [-0.2, 0) is 11.3 Å². The molecule has 1 aromatic heterocycles. The summed E-state index contributed by atoms with van der Waals surface area (Å²) in [5, 5.41) is 9.10. The van der Waals surface area contributed by atoms with E-state index in [9.17, 15) is 0 Å². The molecule has 1 aromatic rings. The second-order valence-electron chi connectivity index (χ2n) is 4.10. The van der Waals surface area contributed by atoms with E-state index in [0.29, 0.717) is 12.6 Å². The molecule has 1 aliphatic rings. The molecule has 4 nitrogen and oxygen atoms in total. The van der Waals surface area contributed by atoms with E-state index in [2.05, 4.69) is 9.88 Å². The zero-order valence-electron chi connectivity index (χ0n) is 9.59. The van der Waals surface area contributed by atoms with Crippen molar-refractivity contribution in [2.75, 3.05) is 25.2 Å². The average molecular weight is 222 g/mol. The van der Waals surface area contributed by atoms with Crippen LogP contribution in [0.1, 0.15) is 18.4 Å². The van der Waals surface area contributed by atoms with E-state index >= 15 is 0 Å². The summed E-state index contributed by atoms with van der Waals surface area (Å²) >= 11 is 0. The summed E-state index contributed by atoms with van der Waals surface area (Å²) in [5.41, 5.74) is 0.910. The molecule has 2 rings (SSSR count). The van der Waals surface area contributed by atoms with Crippen LogP contribution in [0.2, 0.25) is 0 Å². The summed E-state index contributed by atoms with van der Waals surface area (Å²) in [6.07, 6.45) is 4.21. The summed E-state index contributed by atoms with van der Waals surface area (Å²) < 4.78 is 5.11. The molecule has 4 heteroatoms. The van der Waals surface area contributed by atoms with Gasteiger partial charge in [0.05, 0.1) is 13.2 Å². The van der Waals surface area contributed by atoms with Gasteiger partial charge >= 0.3 is 0 Å². The maximum Gasteiger partial charge on any atom is 0.129 e. The third-order valence-corrected chi connectivity index (χ3v) is 2.81. The molecule has 1 saturated carbocycles. The van der Waals surface area contributed by atoms with Crippen molar-refractivity contribution in [3.63, 3.8) is 0 Å². The van der Waals surface area contributed by atoms with Crippen LogP contribution in [0.15, 0.2) is 18.3 Å². The Bertz CT molecular complexity index is 340. The molecule has 0 spiro atoms. The average Bonchev–Trinajstić information content (AvgIpc) is 3.14. The summed E-state index contributed by atoms with van der Waals surface area (Å²) in [6.45, 7) is 1.64. The van der Waals surface area contributed by atoms with Crippen LogP contribution >= 0.6 is 0 Å². The highest BCUT2D eigenvalue weighted by molar-refractivity contribution is 5.43. The fourth-order valence-corrected chi connectivity index (χ4v) is 1.78. The van der Waals surface area contributed by atoms with Crippen molar-refractivity contribution in [3.8, 4) is 0 Å². The Morgan fingerprint density at radius 3 is 3.00 bits per heavy atom. The van der Waals surface area contributed by atoms with Gasteiger partial charge in [-0.15, -0.1) is 0 Å². The third-order valence-electron chi connectivity index (χ3n) is 2.81. The number of hydrogen-bond acceptors (Lipinski definition) is 4. The fourth-order valence-electron chi connectivity index (χ4n) is 1.78. The molecule has 1 fully saturated rings. The molecule has 0 aliphatic heterocycles. The monoisotopic (exact) mass is 222 g/mol. The number of aliphatic hydroxyl groups is 1. The highest BCUT2D eigenvalue weighted by Crippen LogP contribution is 2.30. The van der Waals surface area contributed by atoms with E-state index in [-0.39, 0.29) is 6.61 Å². The fraction of sp³-hybridized carbons (Fsp3) is 0.583. The van der Waals surface area contributed by atoms with Crippen LogP contribution in [0, 0.1) is 0 Å². The Morgan fingerprint density at radius 2 is 2.38 bits per heavy atom. The second-order valence-corrected chi connectivity index (χ2v) is 4.10. The highest BCUT2D eigenvalue weighted by Gasteiger charge is 2.29. The molecular formula is C12H18N2O2. The lowest BCUT2D eigenvalue weighted by Gasteiger charge is -2.23. The van der Waals surface area contributed by atoms with Crippen LogP contribution < -0.4 is 4.90 Å². The van der Waals surface area contributed by atoms with Crippen LogP contribution in [0.3, 0.4) is 0 Å². The van der Waals surface area contributed by atoms with Gasteiger partial charge in [-0.1, -0.05) is 0 Å². The lowest BCUT2D eigenvalue weighted by molar-refractivity contribution is 0.204.